The van der Waals surface area contributed by atoms with E-state index < -0.39 is 10.0 Å². The molecule has 3 rings (SSSR count). The van der Waals surface area contributed by atoms with Gasteiger partial charge in [0.25, 0.3) is 0 Å². The predicted octanol–water partition coefficient (Wildman–Crippen LogP) is 1.30. The van der Waals surface area contributed by atoms with Crippen molar-refractivity contribution in [2.24, 2.45) is 5.92 Å². The number of fused-ring (bicyclic) bond motifs is 1. The average molecular weight is 338 g/mol. The summed E-state index contributed by atoms with van der Waals surface area (Å²) in [6.07, 6.45) is 3.37. The zero-order valence-corrected chi connectivity index (χ0v) is 14.0. The number of carbonyl (C=O) groups is 1. The summed E-state index contributed by atoms with van der Waals surface area (Å²) in [5.74, 6) is 0.457. The zero-order chi connectivity index (χ0) is 16.4. The second-order valence-corrected chi connectivity index (χ2v) is 8.18. The molecule has 1 aromatic carbocycles. The third kappa shape index (κ3) is 3.67. The number of piperidine rings is 1. The molecule has 0 aliphatic carbocycles. The summed E-state index contributed by atoms with van der Waals surface area (Å²) < 4.78 is 30.4. The van der Waals surface area contributed by atoms with Gasteiger partial charge in [0, 0.05) is 25.1 Å². The van der Waals surface area contributed by atoms with E-state index in [-0.39, 0.29) is 24.4 Å². The molecule has 1 amide bonds. The van der Waals surface area contributed by atoms with Crippen LogP contribution in [-0.2, 0) is 14.8 Å². The third-order valence-electron chi connectivity index (χ3n) is 4.50. The average Bonchev–Trinajstić information content (AvgIpc) is 2.54. The molecule has 2 aliphatic rings. The highest BCUT2D eigenvalue weighted by atomic mass is 32.2. The number of nitrogens with zero attached hydrogens (tertiary/aromatic N) is 1. The molecule has 1 saturated heterocycles. The molecule has 2 heterocycles. The van der Waals surface area contributed by atoms with Crippen LogP contribution in [0.15, 0.2) is 24.3 Å². The van der Waals surface area contributed by atoms with Gasteiger partial charge in [-0.2, -0.15) is 0 Å². The van der Waals surface area contributed by atoms with Crippen molar-refractivity contribution in [3.05, 3.63) is 29.8 Å². The van der Waals surface area contributed by atoms with Gasteiger partial charge >= 0.3 is 0 Å². The molecular weight excluding hydrogens is 316 g/mol. The molecule has 1 aromatic rings. The Hall–Kier alpha value is -1.60. The molecule has 6 nitrogen and oxygen atoms in total. The number of nitrogens with one attached hydrogen (secondary N) is 1. The molecule has 1 fully saturated rings. The number of sulfonamides is 1. The summed E-state index contributed by atoms with van der Waals surface area (Å²) in [6.45, 7) is 1.35. The second kappa shape index (κ2) is 6.49. The van der Waals surface area contributed by atoms with Crippen molar-refractivity contribution in [2.75, 3.05) is 26.0 Å². The van der Waals surface area contributed by atoms with E-state index in [4.69, 9.17) is 4.74 Å². The van der Waals surface area contributed by atoms with Gasteiger partial charge in [-0.1, -0.05) is 18.2 Å². The maximum atomic E-state index is 12.6. The highest BCUT2D eigenvalue weighted by Gasteiger charge is 2.32. The Morgan fingerprint density at radius 1 is 1.30 bits per heavy atom. The first kappa shape index (κ1) is 16.3. The predicted molar refractivity (Wildman–Crippen MR) is 86.6 cm³/mol. The largest absolute Gasteiger partial charge is 0.493 e. The van der Waals surface area contributed by atoms with Crippen LogP contribution >= 0.6 is 0 Å². The summed E-state index contributed by atoms with van der Waals surface area (Å²) in [7, 11) is -3.24. The van der Waals surface area contributed by atoms with Crippen molar-refractivity contribution in [2.45, 2.75) is 25.3 Å². The van der Waals surface area contributed by atoms with Gasteiger partial charge in [0.05, 0.1) is 24.8 Å². The lowest BCUT2D eigenvalue weighted by atomic mass is 9.96. The fourth-order valence-corrected chi connectivity index (χ4v) is 4.15. The summed E-state index contributed by atoms with van der Waals surface area (Å²) >= 11 is 0. The fourth-order valence-electron chi connectivity index (χ4n) is 3.24. The molecule has 126 valence electrons. The van der Waals surface area contributed by atoms with Crippen LogP contribution in [0.1, 0.15) is 30.9 Å². The van der Waals surface area contributed by atoms with Gasteiger partial charge in [0.2, 0.25) is 15.9 Å². The number of para-hydroxylation sites is 1. The van der Waals surface area contributed by atoms with Crippen molar-refractivity contribution in [3.63, 3.8) is 0 Å². The minimum atomic E-state index is -3.24. The lowest BCUT2D eigenvalue weighted by molar-refractivity contribution is -0.127. The van der Waals surface area contributed by atoms with Gasteiger partial charge < -0.3 is 10.1 Å². The van der Waals surface area contributed by atoms with Crippen LogP contribution in [0, 0.1) is 5.92 Å². The number of hydrogen-bond donors (Lipinski definition) is 1. The number of rotatable bonds is 3. The normalized spacial score (nSPS) is 25.3. The molecule has 0 bridgehead atoms. The quantitative estimate of drug-likeness (QED) is 0.901. The Morgan fingerprint density at radius 2 is 2.09 bits per heavy atom. The first-order valence-corrected chi connectivity index (χ1v) is 9.77. The Bertz CT molecular complexity index is 689. The summed E-state index contributed by atoms with van der Waals surface area (Å²) in [5, 5.41) is 3.08. The van der Waals surface area contributed by atoms with Gasteiger partial charge in [0.1, 0.15) is 5.75 Å². The Kier molecular flexibility index (Phi) is 4.59. The van der Waals surface area contributed by atoms with Gasteiger partial charge in [-0.05, 0) is 18.9 Å². The van der Waals surface area contributed by atoms with E-state index >= 15 is 0 Å². The van der Waals surface area contributed by atoms with E-state index in [0.29, 0.717) is 13.2 Å². The molecule has 2 aliphatic heterocycles. The van der Waals surface area contributed by atoms with Gasteiger partial charge in [-0.15, -0.1) is 0 Å². The molecule has 0 radical (unpaired) electrons. The summed E-state index contributed by atoms with van der Waals surface area (Å²) in [6, 6.07) is 7.64. The van der Waals surface area contributed by atoms with Crippen LogP contribution in [0.3, 0.4) is 0 Å². The second-order valence-electron chi connectivity index (χ2n) is 6.20. The highest BCUT2D eigenvalue weighted by Crippen LogP contribution is 2.32. The van der Waals surface area contributed by atoms with Crippen LogP contribution in [0.5, 0.6) is 5.75 Å². The van der Waals surface area contributed by atoms with Crippen molar-refractivity contribution in [1.29, 1.82) is 0 Å². The Balaban J connectivity index is 1.68. The fraction of sp³-hybridized carbons (Fsp3) is 0.562. The van der Waals surface area contributed by atoms with Crippen LogP contribution in [0.2, 0.25) is 0 Å². The lowest BCUT2D eigenvalue weighted by Crippen LogP contribution is -2.46. The van der Waals surface area contributed by atoms with E-state index in [1.165, 1.54) is 10.6 Å². The molecular formula is C16H22N2O4S. The first-order chi connectivity index (χ1) is 10.9. The lowest BCUT2D eigenvalue weighted by Gasteiger charge is -2.32. The number of benzene rings is 1. The molecule has 0 saturated carbocycles. The molecule has 2 atom stereocenters. The topological polar surface area (TPSA) is 75.7 Å². The highest BCUT2D eigenvalue weighted by molar-refractivity contribution is 7.88. The number of hydrogen-bond acceptors (Lipinski definition) is 4. The molecule has 1 N–H and O–H groups in total. The number of carbonyl (C=O) groups excluding carboxylic acids is 1. The third-order valence-corrected chi connectivity index (χ3v) is 5.77. The maximum Gasteiger partial charge on any atom is 0.224 e. The van der Waals surface area contributed by atoms with Gasteiger partial charge in [0.15, 0.2) is 0 Å². The Labute approximate surface area is 136 Å². The first-order valence-electron chi connectivity index (χ1n) is 7.92. The number of ether oxygens (including phenoxy) is 1. The molecule has 7 heteroatoms. The van der Waals surface area contributed by atoms with Crippen LogP contribution in [0.4, 0.5) is 0 Å². The zero-order valence-electron chi connectivity index (χ0n) is 13.2. The minimum absolute atomic E-state index is 0.0685. The molecule has 0 spiro atoms. The van der Waals surface area contributed by atoms with E-state index in [1.807, 2.05) is 24.3 Å². The van der Waals surface area contributed by atoms with Crippen molar-refractivity contribution in [1.82, 2.24) is 9.62 Å². The SMILES string of the molecule is CS(=O)(=O)N1CCCC(C(=O)NC2CCOc3ccccc32)C1. The monoisotopic (exact) mass is 338 g/mol. The van der Waals surface area contributed by atoms with E-state index in [0.717, 1.165) is 30.6 Å². The van der Waals surface area contributed by atoms with Crippen LogP contribution in [-0.4, -0.2) is 44.6 Å². The van der Waals surface area contributed by atoms with E-state index in [9.17, 15) is 13.2 Å². The van der Waals surface area contributed by atoms with Crippen LogP contribution < -0.4 is 10.1 Å². The molecule has 2 unspecified atom stereocenters. The van der Waals surface area contributed by atoms with Gasteiger partial charge in [-0.25, -0.2) is 12.7 Å². The number of amides is 1. The van der Waals surface area contributed by atoms with E-state index in [1.54, 1.807) is 0 Å². The van der Waals surface area contributed by atoms with Crippen molar-refractivity contribution >= 4 is 15.9 Å². The maximum absolute atomic E-state index is 12.6. The van der Waals surface area contributed by atoms with Crippen LogP contribution in [0.25, 0.3) is 0 Å². The Morgan fingerprint density at radius 3 is 2.87 bits per heavy atom. The van der Waals surface area contributed by atoms with Gasteiger partial charge in [-0.3, -0.25) is 4.79 Å². The van der Waals surface area contributed by atoms with Crippen molar-refractivity contribution < 1.29 is 17.9 Å². The molecule has 23 heavy (non-hydrogen) atoms. The summed E-state index contributed by atoms with van der Waals surface area (Å²) in [4.78, 5) is 12.6. The van der Waals surface area contributed by atoms with Crippen molar-refractivity contribution in [3.8, 4) is 5.75 Å². The minimum Gasteiger partial charge on any atom is -0.493 e. The standard InChI is InChI=1S/C16H22N2O4S/c1-23(20,21)18-9-4-5-12(11-18)16(19)17-14-8-10-22-15-7-3-2-6-13(14)15/h2-3,6-7,12,14H,4-5,8-11H2,1H3,(H,17,19). The van der Waals surface area contributed by atoms with E-state index in [2.05, 4.69) is 5.32 Å². The summed E-state index contributed by atoms with van der Waals surface area (Å²) in [5.41, 5.74) is 0.989. The molecule has 0 aromatic heterocycles. The smallest absolute Gasteiger partial charge is 0.224 e.